The quantitative estimate of drug-likeness (QED) is 0.624. The van der Waals surface area contributed by atoms with E-state index in [1.807, 2.05) is 13.0 Å². The average Bonchev–Trinajstić information content (AvgIpc) is 2.29. The second kappa shape index (κ2) is 6.06. The first-order chi connectivity index (χ1) is 8.33. The molecule has 0 aromatic heterocycles. The lowest BCUT2D eigenvalue weighted by molar-refractivity contribution is 0.317. The molecule has 0 heterocycles. The molecule has 6 heteroatoms. The highest BCUT2D eigenvalue weighted by Gasteiger charge is 2.12. The van der Waals surface area contributed by atoms with Crippen LogP contribution in [-0.4, -0.2) is 39.2 Å². The molecule has 0 aliphatic heterocycles. The number of nitrogens with two attached hydrogens (primary N) is 1. The van der Waals surface area contributed by atoms with Crippen LogP contribution in [0.1, 0.15) is 12.0 Å². The molecule has 1 rings (SSSR count). The summed E-state index contributed by atoms with van der Waals surface area (Å²) in [6.07, 6.45) is 0.462. The molecule has 102 valence electrons. The Bertz CT molecular complexity index is 498. The van der Waals surface area contributed by atoms with Crippen molar-refractivity contribution < 1.29 is 13.2 Å². The molecule has 0 unspecified atom stereocenters. The second-order valence-corrected chi connectivity index (χ2v) is 6.62. The number of ether oxygens (including phenoxy) is 1. The van der Waals surface area contributed by atoms with Crippen LogP contribution in [0.3, 0.4) is 0 Å². The van der Waals surface area contributed by atoms with Crippen LogP contribution in [0.25, 0.3) is 0 Å². The highest BCUT2D eigenvalue weighted by atomic mass is 32.2. The van der Waals surface area contributed by atoms with E-state index in [1.165, 1.54) is 18.4 Å². The first kappa shape index (κ1) is 14.8. The molecule has 0 radical (unpaired) electrons. The largest absolute Gasteiger partial charge is 0.494 e. The molecule has 1 aromatic rings. The van der Waals surface area contributed by atoms with Gasteiger partial charge in [0.05, 0.1) is 12.4 Å². The van der Waals surface area contributed by atoms with Gasteiger partial charge in [0.25, 0.3) is 0 Å². The van der Waals surface area contributed by atoms with Crippen LogP contribution in [0.2, 0.25) is 0 Å². The Morgan fingerprint density at radius 2 is 2.00 bits per heavy atom. The molecule has 0 amide bonds. The van der Waals surface area contributed by atoms with Gasteiger partial charge in [-0.1, -0.05) is 0 Å². The van der Waals surface area contributed by atoms with Crippen molar-refractivity contribution in [2.45, 2.75) is 13.3 Å². The fourth-order valence-electron chi connectivity index (χ4n) is 1.35. The van der Waals surface area contributed by atoms with E-state index in [0.717, 1.165) is 11.3 Å². The standard InChI is InChI=1S/C12H20N2O3S/c1-10-9-11(5-6-12(10)13)17-7-4-8-18(15,16)14(2)3/h5-6,9H,4,7-8,13H2,1-3H3. The lowest BCUT2D eigenvalue weighted by atomic mass is 10.2. The third-order valence-corrected chi connectivity index (χ3v) is 4.53. The van der Waals surface area contributed by atoms with Crippen LogP contribution in [0.4, 0.5) is 5.69 Å². The maximum absolute atomic E-state index is 11.5. The molecule has 18 heavy (non-hydrogen) atoms. The molecule has 0 aliphatic carbocycles. The number of benzene rings is 1. The average molecular weight is 272 g/mol. The predicted octanol–water partition coefficient (Wildman–Crippen LogP) is 1.24. The van der Waals surface area contributed by atoms with Crippen molar-refractivity contribution in [3.05, 3.63) is 23.8 Å². The summed E-state index contributed by atoms with van der Waals surface area (Å²) in [6.45, 7) is 2.27. The molecular weight excluding hydrogens is 252 g/mol. The number of anilines is 1. The first-order valence-electron chi connectivity index (χ1n) is 5.72. The molecule has 0 bridgehead atoms. The number of hydrogen-bond acceptors (Lipinski definition) is 4. The Balaban J connectivity index is 2.41. The van der Waals surface area contributed by atoms with Gasteiger partial charge in [0.15, 0.2) is 0 Å². The minimum absolute atomic E-state index is 0.0912. The topological polar surface area (TPSA) is 72.6 Å². The van der Waals surface area contributed by atoms with Gasteiger partial charge >= 0.3 is 0 Å². The fourth-order valence-corrected chi connectivity index (χ4v) is 2.20. The van der Waals surface area contributed by atoms with Crippen LogP contribution in [-0.2, 0) is 10.0 Å². The normalized spacial score (nSPS) is 11.8. The minimum Gasteiger partial charge on any atom is -0.494 e. The van der Waals surface area contributed by atoms with E-state index in [-0.39, 0.29) is 5.75 Å². The van der Waals surface area contributed by atoms with Gasteiger partial charge in [0.1, 0.15) is 5.75 Å². The Morgan fingerprint density at radius 1 is 1.33 bits per heavy atom. The van der Waals surface area contributed by atoms with Crippen molar-refractivity contribution in [2.24, 2.45) is 0 Å². The van der Waals surface area contributed by atoms with E-state index in [1.54, 1.807) is 12.1 Å². The van der Waals surface area contributed by atoms with Crippen LogP contribution < -0.4 is 10.5 Å². The van der Waals surface area contributed by atoms with Crippen molar-refractivity contribution in [2.75, 3.05) is 32.2 Å². The summed E-state index contributed by atoms with van der Waals surface area (Å²) in [5.74, 6) is 0.803. The van der Waals surface area contributed by atoms with E-state index in [9.17, 15) is 8.42 Å². The fraction of sp³-hybridized carbons (Fsp3) is 0.500. The van der Waals surface area contributed by atoms with Crippen molar-refractivity contribution in [3.63, 3.8) is 0 Å². The van der Waals surface area contributed by atoms with Gasteiger partial charge in [0.2, 0.25) is 10.0 Å². The number of nitrogens with zero attached hydrogens (tertiary/aromatic N) is 1. The number of sulfonamides is 1. The molecule has 5 nitrogen and oxygen atoms in total. The monoisotopic (exact) mass is 272 g/mol. The van der Waals surface area contributed by atoms with Gasteiger partial charge in [-0.15, -0.1) is 0 Å². The van der Waals surface area contributed by atoms with Gasteiger partial charge in [-0.05, 0) is 37.1 Å². The van der Waals surface area contributed by atoms with E-state index in [0.29, 0.717) is 18.8 Å². The molecule has 0 fully saturated rings. The van der Waals surface area contributed by atoms with Gasteiger partial charge in [-0.2, -0.15) is 0 Å². The minimum atomic E-state index is -3.13. The molecule has 0 aliphatic rings. The maximum atomic E-state index is 11.5. The highest BCUT2D eigenvalue weighted by molar-refractivity contribution is 7.89. The Labute approximate surface area is 109 Å². The van der Waals surface area contributed by atoms with E-state index < -0.39 is 10.0 Å². The van der Waals surface area contributed by atoms with Crippen LogP contribution in [0.5, 0.6) is 5.75 Å². The third kappa shape index (κ3) is 4.19. The van der Waals surface area contributed by atoms with Crippen molar-refractivity contribution >= 4 is 15.7 Å². The molecule has 0 saturated carbocycles. The number of nitrogen functional groups attached to an aromatic ring is 1. The molecule has 2 N–H and O–H groups in total. The third-order valence-electron chi connectivity index (χ3n) is 2.61. The van der Waals surface area contributed by atoms with Crippen LogP contribution in [0.15, 0.2) is 18.2 Å². The zero-order valence-corrected chi connectivity index (χ0v) is 11.8. The lowest BCUT2D eigenvalue weighted by Crippen LogP contribution is -2.25. The van der Waals surface area contributed by atoms with Gasteiger partial charge < -0.3 is 10.5 Å². The van der Waals surface area contributed by atoms with Crippen molar-refractivity contribution in [3.8, 4) is 5.75 Å². The Hall–Kier alpha value is -1.27. The summed E-state index contributed by atoms with van der Waals surface area (Å²) in [5, 5.41) is 0. The molecular formula is C12H20N2O3S. The van der Waals surface area contributed by atoms with E-state index in [4.69, 9.17) is 10.5 Å². The zero-order chi connectivity index (χ0) is 13.8. The molecule has 0 atom stereocenters. The summed E-state index contributed by atoms with van der Waals surface area (Å²) in [7, 11) is -0.0796. The molecule has 0 saturated heterocycles. The molecule has 0 spiro atoms. The van der Waals surface area contributed by atoms with Gasteiger partial charge in [0, 0.05) is 19.8 Å². The Morgan fingerprint density at radius 3 is 2.56 bits per heavy atom. The zero-order valence-electron chi connectivity index (χ0n) is 11.0. The second-order valence-electron chi connectivity index (χ2n) is 4.32. The van der Waals surface area contributed by atoms with Crippen molar-refractivity contribution in [1.82, 2.24) is 4.31 Å². The number of aryl methyl sites for hydroxylation is 1. The summed E-state index contributed by atoms with van der Waals surface area (Å²) in [5.41, 5.74) is 7.37. The summed E-state index contributed by atoms with van der Waals surface area (Å²) in [4.78, 5) is 0. The number of rotatable bonds is 6. The summed E-state index contributed by atoms with van der Waals surface area (Å²) >= 11 is 0. The first-order valence-corrected chi connectivity index (χ1v) is 7.33. The highest BCUT2D eigenvalue weighted by Crippen LogP contribution is 2.18. The maximum Gasteiger partial charge on any atom is 0.213 e. The SMILES string of the molecule is Cc1cc(OCCCS(=O)(=O)N(C)C)ccc1N. The van der Waals surface area contributed by atoms with Crippen LogP contribution in [0, 0.1) is 6.92 Å². The predicted molar refractivity (Wildman–Crippen MR) is 73.2 cm³/mol. The summed E-state index contributed by atoms with van der Waals surface area (Å²) in [6, 6.07) is 5.40. The Kier molecular flexibility index (Phi) is 4.98. The smallest absolute Gasteiger partial charge is 0.213 e. The van der Waals surface area contributed by atoms with Gasteiger partial charge in [-0.3, -0.25) is 0 Å². The molecule has 1 aromatic carbocycles. The lowest BCUT2D eigenvalue weighted by Gasteiger charge is -2.12. The van der Waals surface area contributed by atoms with Crippen molar-refractivity contribution in [1.29, 1.82) is 0 Å². The van der Waals surface area contributed by atoms with E-state index >= 15 is 0 Å². The number of hydrogen-bond donors (Lipinski definition) is 1. The van der Waals surface area contributed by atoms with E-state index in [2.05, 4.69) is 0 Å². The van der Waals surface area contributed by atoms with Crippen LogP contribution >= 0.6 is 0 Å². The summed E-state index contributed by atoms with van der Waals surface area (Å²) < 4.78 is 29.7. The van der Waals surface area contributed by atoms with Gasteiger partial charge in [-0.25, -0.2) is 12.7 Å².